The van der Waals surface area contributed by atoms with Crippen LogP contribution in [0, 0.1) is 12.7 Å². The number of hydrogen-bond acceptors (Lipinski definition) is 2. The molecule has 0 bridgehead atoms. The van der Waals surface area contributed by atoms with Crippen LogP contribution in [0.15, 0.2) is 12.1 Å². The third-order valence-corrected chi connectivity index (χ3v) is 1.84. The van der Waals surface area contributed by atoms with Gasteiger partial charge in [0.05, 0.1) is 5.56 Å². The Balaban J connectivity index is 2.68. The molecule has 0 saturated heterocycles. The van der Waals surface area contributed by atoms with E-state index in [0.29, 0.717) is 5.75 Å². The van der Waals surface area contributed by atoms with Crippen LogP contribution in [0.3, 0.4) is 0 Å². The first-order valence-corrected chi connectivity index (χ1v) is 3.64. The lowest BCUT2D eigenvalue weighted by Gasteiger charge is -1.99. The molecule has 0 aliphatic carbocycles. The van der Waals surface area contributed by atoms with E-state index >= 15 is 0 Å². The summed E-state index contributed by atoms with van der Waals surface area (Å²) in [7, 11) is 0. The Morgan fingerprint density at radius 1 is 1.50 bits per heavy atom. The maximum atomic E-state index is 13.1. The van der Waals surface area contributed by atoms with Crippen LogP contribution in [-0.2, 0) is 0 Å². The largest absolute Gasteiger partial charge is 0.485 e. The molecule has 2 rings (SSSR count). The van der Waals surface area contributed by atoms with Crippen molar-refractivity contribution < 1.29 is 13.9 Å². The van der Waals surface area contributed by atoms with E-state index in [1.807, 2.05) is 0 Å². The molecule has 0 fully saturated rings. The lowest BCUT2D eigenvalue weighted by Crippen LogP contribution is -2.00. The summed E-state index contributed by atoms with van der Waals surface area (Å²) >= 11 is 0. The van der Waals surface area contributed by atoms with Crippen molar-refractivity contribution in [3.05, 3.63) is 29.1 Å². The average Bonchev–Trinajstić information content (AvgIpc) is 2.31. The molecule has 12 heavy (non-hydrogen) atoms. The second-order valence-corrected chi connectivity index (χ2v) is 2.83. The molecule has 1 aliphatic rings. The van der Waals surface area contributed by atoms with Gasteiger partial charge in [-0.25, -0.2) is 4.39 Å². The molecule has 0 unspecified atom stereocenters. The number of ketones is 1. The predicted molar refractivity (Wildman–Crippen MR) is 41.0 cm³/mol. The number of hydrogen-bond donors (Lipinski definition) is 0. The number of halogens is 1. The van der Waals surface area contributed by atoms with E-state index in [9.17, 15) is 9.18 Å². The Labute approximate surface area is 69.0 Å². The highest BCUT2D eigenvalue weighted by molar-refractivity contribution is 6.02. The Morgan fingerprint density at radius 3 is 3.00 bits per heavy atom. The minimum Gasteiger partial charge on any atom is -0.485 e. The predicted octanol–water partition coefficient (Wildman–Crippen LogP) is 1.71. The zero-order valence-electron chi connectivity index (χ0n) is 6.56. The Hall–Kier alpha value is -1.38. The number of aryl methyl sites for hydroxylation is 1. The first-order valence-electron chi connectivity index (χ1n) is 3.64. The fourth-order valence-electron chi connectivity index (χ4n) is 1.31. The van der Waals surface area contributed by atoms with Crippen LogP contribution >= 0.6 is 0 Å². The van der Waals surface area contributed by atoms with Crippen LogP contribution in [0.1, 0.15) is 15.9 Å². The van der Waals surface area contributed by atoms with Crippen LogP contribution in [0.4, 0.5) is 4.39 Å². The van der Waals surface area contributed by atoms with E-state index in [1.165, 1.54) is 6.07 Å². The highest BCUT2D eigenvalue weighted by Gasteiger charge is 2.25. The molecular weight excluding hydrogens is 159 g/mol. The number of fused-ring (bicyclic) bond motifs is 1. The Morgan fingerprint density at radius 2 is 2.25 bits per heavy atom. The molecule has 1 heterocycles. The van der Waals surface area contributed by atoms with Crippen molar-refractivity contribution in [3.8, 4) is 5.75 Å². The number of carbonyl (C=O) groups excluding carboxylic acids is 1. The summed E-state index contributed by atoms with van der Waals surface area (Å²) in [6.07, 6.45) is 0. The first kappa shape index (κ1) is 7.28. The number of ether oxygens (including phenoxy) is 1. The third kappa shape index (κ3) is 0.897. The van der Waals surface area contributed by atoms with Gasteiger partial charge in [0.25, 0.3) is 0 Å². The van der Waals surface area contributed by atoms with Gasteiger partial charge in [0.15, 0.2) is 6.61 Å². The van der Waals surface area contributed by atoms with Gasteiger partial charge >= 0.3 is 0 Å². The average molecular weight is 166 g/mol. The van der Waals surface area contributed by atoms with E-state index in [0.717, 1.165) is 5.56 Å². The van der Waals surface area contributed by atoms with E-state index in [1.54, 1.807) is 13.0 Å². The number of carbonyl (C=O) groups is 1. The first-order chi connectivity index (χ1) is 5.68. The monoisotopic (exact) mass is 166 g/mol. The second kappa shape index (κ2) is 2.30. The minimum absolute atomic E-state index is 0.0320. The molecule has 0 radical (unpaired) electrons. The standard InChI is InChI=1S/C9H7FO2/c1-5-2-6(10)9-7(11)4-12-8(9)3-5/h2-3H,4H2,1H3. The van der Waals surface area contributed by atoms with Gasteiger partial charge in [-0.05, 0) is 24.6 Å². The quantitative estimate of drug-likeness (QED) is 0.586. The molecule has 0 amide bonds. The van der Waals surface area contributed by atoms with Gasteiger partial charge in [0.1, 0.15) is 11.6 Å². The highest BCUT2D eigenvalue weighted by atomic mass is 19.1. The SMILES string of the molecule is Cc1cc(F)c2c(c1)OCC2=O. The molecule has 62 valence electrons. The molecule has 1 aliphatic heterocycles. The van der Waals surface area contributed by atoms with Crippen LogP contribution in [0.5, 0.6) is 5.75 Å². The smallest absolute Gasteiger partial charge is 0.206 e. The van der Waals surface area contributed by atoms with Gasteiger partial charge < -0.3 is 4.74 Å². The van der Waals surface area contributed by atoms with Gasteiger partial charge in [-0.1, -0.05) is 0 Å². The van der Waals surface area contributed by atoms with Crippen molar-refractivity contribution in [1.82, 2.24) is 0 Å². The van der Waals surface area contributed by atoms with Gasteiger partial charge in [-0.3, -0.25) is 4.79 Å². The Bertz CT molecular complexity index is 358. The summed E-state index contributed by atoms with van der Waals surface area (Å²) in [5.41, 5.74) is 0.863. The summed E-state index contributed by atoms with van der Waals surface area (Å²) in [5.74, 6) is -0.382. The van der Waals surface area contributed by atoms with Crippen molar-refractivity contribution in [2.75, 3.05) is 6.61 Å². The molecule has 0 spiro atoms. The highest BCUT2D eigenvalue weighted by Crippen LogP contribution is 2.28. The van der Waals surface area contributed by atoms with E-state index < -0.39 is 5.82 Å². The van der Waals surface area contributed by atoms with Crippen LogP contribution in [0.25, 0.3) is 0 Å². The summed E-state index contributed by atoms with van der Waals surface area (Å²) in [6, 6.07) is 3.01. The second-order valence-electron chi connectivity index (χ2n) is 2.83. The van der Waals surface area contributed by atoms with E-state index in [-0.39, 0.29) is 18.0 Å². The van der Waals surface area contributed by atoms with Gasteiger partial charge in [0.2, 0.25) is 5.78 Å². The maximum Gasteiger partial charge on any atom is 0.206 e. The summed E-state index contributed by atoms with van der Waals surface area (Å²) in [4.78, 5) is 11.0. The van der Waals surface area contributed by atoms with Gasteiger partial charge in [0, 0.05) is 0 Å². The van der Waals surface area contributed by atoms with E-state index in [2.05, 4.69) is 0 Å². The zero-order chi connectivity index (χ0) is 8.72. The van der Waals surface area contributed by atoms with Crippen molar-refractivity contribution in [1.29, 1.82) is 0 Å². The summed E-state index contributed by atoms with van der Waals surface area (Å²) in [5, 5.41) is 0. The lowest BCUT2D eigenvalue weighted by atomic mass is 10.1. The third-order valence-electron chi connectivity index (χ3n) is 1.84. The molecule has 2 nitrogen and oxygen atoms in total. The molecule has 3 heteroatoms. The number of rotatable bonds is 0. The van der Waals surface area contributed by atoms with Crippen molar-refractivity contribution in [2.24, 2.45) is 0 Å². The number of Topliss-reactive ketones (excluding diaryl/α,β-unsaturated/α-hetero) is 1. The molecule has 0 aromatic heterocycles. The number of benzene rings is 1. The minimum atomic E-state index is -0.479. The molecule has 0 atom stereocenters. The topological polar surface area (TPSA) is 26.3 Å². The molecule has 0 saturated carbocycles. The Kier molecular flexibility index (Phi) is 1.40. The molecular formula is C9H7FO2. The van der Waals surface area contributed by atoms with Crippen molar-refractivity contribution in [3.63, 3.8) is 0 Å². The van der Waals surface area contributed by atoms with Crippen LogP contribution in [-0.4, -0.2) is 12.4 Å². The lowest BCUT2D eigenvalue weighted by molar-refractivity contribution is 0.0958. The molecule has 0 N–H and O–H groups in total. The summed E-state index contributed by atoms with van der Waals surface area (Å²) < 4.78 is 18.1. The summed E-state index contributed by atoms with van der Waals surface area (Å²) in [6.45, 7) is 1.73. The van der Waals surface area contributed by atoms with Crippen molar-refractivity contribution in [2.45, 2.75) is 6.92 Å². The fourth-order valence-corrected chi connectivity index (χ4v) is 1.31. The van der Waals surface area contributed by atoms with Crippen LogP contribution in [0.2, 0.25) is 0 Å². The fraction of sp³-hybridized carbons (Fsp3) is 0.222. The van der Waals surface area contributed by atoms with Crippen molar-refractivity contribution >= 4 is 5.78 Å². The zero-order valence-corrected chi connectivity index (χ0v) is 6.56. The van der Waals surface area contributed by atoms with Crippen LogP contribution < -0.4 is 4.74 Å². The maximum absolute atomic E-state index is 13.1. The van der Waals surface area contributed by atoms with Gasteiger partial charge in [-0.2, -0.15) is 0 Å². The van der Waals surface area contributed by atoms with Gasteiger partial charge in [-0.15, -0.1) is 0 Å². The molecule has 1 aromatic carbocycles. The molecule has 1 aromatic rings. The van der Waals surface area contributed by atoms with E-state index in [4.69, 9.17) is 4.74 Å². The normalized spacial score (nSPS) is 14.3.